The van der Waals surface area contributed by atoms with Crippen LogP contribution in [0.1, 0.15) is 5.56 Å². The fourth-order valence-electron chi connectivity index (χ4n) is 1.21. The van der Waals surface area contributed by atoms with Gasteiger partial charge in [0.05, 0.1) is 18.7 Å². The molecule has 0 amide bonds. The van der Waals surface area contributed by atoms with Gasteiger partial charge in [-0.25, -0.2) is 4.98 Å². The van der Waals surface area contributed by atoms with Crippen molar-refractivity contribution in [2.24, 2.45) is 7.05 Å². The topological polar surface area (TPSA) is 116 Å². The Morgan fingerprint density at radius 1 is 1.53 bits per heavy atom. The van der Waals surface area contributed by atoms with Crippen LogP contribution < -0.4 is 4.72 Å². The normalized spacial score (nSPS) is 11.1. The molecule has 9 heteroatoms. The van der Waals surface area contributed by atoms with Crippen LogP contribution in [0.2, 0.25) is 0 Å². The van der Waals surface area contributed by atoms with Crippen LogP contribution in [-0.4, -0.2) is 28.2 Å². The SMILES string of the molecule is Cn1ncc(C#N)c1NS(=O)(=O)c1cnc[nH]1. The zero-order valence-electron chi connectivity index (χ0n) is 8.75. The second-order valence-corrected chi connectivity index (χ2v) is 4.81. The largest absolute Gasteiger partial charge is 0.334 e. The van der Waals surface area contributed by atoms with E-state index in [1.807, 2.05) is 6.07 Å². The molecule has 0 saturated carbocycles. The summed E-state index contributed by atoms with van der Waals surface area (Å²) in [6, 6.07) is 1.85. The Balaban J connectivity index is 2.40. The van der Waals surface area contributed by atoms with E-state index in [0.717, 1.165) is 0 Å². The summed E-state index contributed by atoms with van der Waals surface area (Å²) >= 11 is 0. The molecule has 0 atom stereocenters. The molecular weight excluding hydrogens is 244 g/mol. The Morgan fingerprint density at radius 2 is 2.29 bits per heavy atom. The number of anilines is 1. The zero-order valence-corrected chi connectivity index (χ0v) is 9.56. The van der Waals surface area contributed by atoms with Gasteiger partial charge in [-0.3, -0.25) is 9.40 Å². The van der Waals surface area contributed by atoms with Gasteiger partial charge in [0.2, 0.25) is 0 Å². The summed E-state index contributed by atoms with van der Waals surface area (Å²) in [4.78, 5) is 6.09. The Bertz CT molecular complexity index is 663. The zero-order chi connectivity index (χ0) is 12.5. The molecule has 2 rings (SSSR count). The van der Waals surface area contributed by atoms with E-state index < -0.39 is 10.0 Å². The van der Waals surface area contributed by atoms with Crippen molar-refractivity contribution in [3.63, 3.8) is 0 Å². The highest BCUT2D eigenvalue weighted by Crippen LogP contribution is 2.17. The predicted molar refractivity (Wildman–Crippen MR) is 57.3 cm³/mol. The van der Waals surface area contributed by atoms with Crippen molar-refractivity contribution >= 4 is 15.8 Å². The molecule has 2 heterocycles. The lowest BCUT2D eigenvalue weighted by Crippen LogP contribution is -2.16. The van der Waals surface area contributed by atoms with Gasteiger partial charge < -0.3 is 4.98 Å². The third kappa shape index (κ3) is 1.98. The van der Waals surface area contributed by atoms with Crippen LogP contribution in [0.15, 0.2) is 23.7 Å². The standard InChI is InChI=1S/C8H8N6O2S/c1-14-8(6(2-9)3-12-14)13-17(15,16)7-4-10-5-11-7/h3-5,13H,1H3,(H,10,11). The fraction of sp³-hybridized carbons (Fsp3) is 0.125. The van der Waals surface area contributed by atoms with E-state index in [0.29, 0.717) is 0 Å². The molecule has 0 saturated heterocycles. The molecule has 0 spiro atoms. The summed E-state index contributed by atoms with van der Waals surface area (Å²) < 4.78 is 27.2. The molecule has 0 bridgehead atoms. The number of nitrogens with zero attached hydrogens (tertiary/aromatic N) is 4. The molecule has 2 N–H and O–H groups in total. The molecule has 2 aromatic heterocycles. The maximum Gasteiger partial charge on any atom is 0.280 e. The van der Waals surface area contributed by atoms with Crippen molar-refractivity contribution < 1.29 is 8.42 Å². The highest BCUT2D eigenvalue weighted by molar-refractivity contribution is 7.92. The van der Waals surface area contributed by atoms with Crippen LogP contribution in [-0.2, 0) is 17.1 Å². The number of rotatable bonds is 3. The van der Waals surface area contributed by atoms with E-state index in [1.165, 1.54) is 30.5 Å². The van der Waals surface area contributed by atoms with E-state index in [4.69, 9.17) is 5.26 Å². The van der Waals surface area contributed by atoms with Crippen molar-refractivity contribution in [1.82, 2.24) is 19.7 Å². The average Bonchev–Trinajstić information content (AvgIpc) is 2.90. The molecule has 0 fully saturated rings. The molecule has 2 aromatic rings. The first-order valence-electron chi connectivity index (χ1n) is 4.48. The van der Waals surface area contributed by atoms with Crippen LogP contribution in [0, 0.1) is 11.3 Å². The van der Waals surface area contributed by atoms with Crippen molar-refractivity contribution in [1.29, 1.82) is 5.26 Å². The van der Waals surface area contributed by atoms with Crippen LogP contribution in [0.3, 0.4) is 0 Å². The number of H-pyrrole nitrogens is 1. The highest BCUT2D eigenvalue weighted by atomic mass is 32.2. The number of hydrogen-bond donors (Lipinski definition) is 2. The van der Waals surface area contributed by atoms with Crippen LogP contribution in [0.25, 0.3) is 0 Å². The van der Waals surface area contributed by atoms with E-state index in [2.05, 4.69) is 19.8 Å². The molecule has 0 unspecified atom stereocenters. The second kappa shape index (κ2) is 3.91. The van der Waals surface area contributed by atoms with Gasteiger partial charge in [-0.2, -0.15) is 18.8 Å². The van der Waals surface area contributed by atoms with Crippen LogP contribution in [0.5, 0.6) is 0 Å². The van der Waals surface area contributed by atoms with E-state index in [9.17, 15) is 8.42 Å². The van der Waals surface area contributed by atoms with Gasteiger partial charge in [0, 0.05) is 7.05 Å². The molecule has 0 aliphatic heterocycles. The fourth-order valence-corrected chi connectivity index (χ4v) is 2.23. The van der Waals surface area contributed by atoms with Gasteiger partial charge in [0.15, 0.2) is 10.8 Å². The molecule has 0 aliphatic carbocycles. The van der Waals surface area contributed by atoms with Gasteiger partial charge in [-0.15, -0.1) is 0 Å². The first-order valence-corrected chi connectivity index (χ1v) is 5.96. The third-order valence-electron chi connectivity index (χ3n) is 2.05. The smallest absolute Gasteiger partial charge is 0.280 e. The number of nitrogens with one attached hydrogen (secondary N) is 2. The molecule has 8 nitrogen and oxygen atoms in total. The Hall–Kier alpha value is -2.34. The molecule has 0 aliphatic rings. The summed E-state index contributed by atoms with van der Waals surface area (Å²) in [5.41, 5.74) is 0.149. The lowest BCUT2D eigenvalue weighted by Gasteiger charge is -2.06. The first-order chi connectivity index (χ1) is 8.04. The number of hydrogen-bond acceptors (Lipinski definition) is 5. The third-order valence-corrected chi connectivity index (χ3v) is 3.32. The predicted octanol–water partition coefficient (Wildman–Crippen LogP) is -0.184. The second-order valence-electron chi connectivity index (χ2n) is 3.16. The van der Waals surface area contributed by atoms with Gasteiger partial charge in [0.1, 0.15) is 11.6 Å². The Morgan fingerprint density at radius 3 is 2.88 bits per heavy atom. The van der Waals surface area contributed by atoms with Crippen LogP contribution in [0.4, 0.5) is 5.82 Å². The summed E-state index contributed by atoms with van der Waals surface area (Å²) in [6.07, 6.45) is 3.71. The summed E-state index contributed by atoms with van der Waals surface area (Å²) in [5.74, 6) is 0.113. The van der Waals surface area contributed by atoms with Gasteiger partial charge in [0.25, 0.3) is 10.0 Å². The Kier molecular flexibility index (Phi) is 2.57. The number of aromatic amines is 1. The monoisotopic (exact) mass is 252 g/mol. The molecule has 0 aromatic carbocycles. The van der Waals surface area contributed by atoms with Crippen molar-refractivity contribution in [2.45, 2.75) is 5.03 Å². The summed E-state index contributed by atoms with van der Waals surface area (Å²) in [7, 11) is -2.24. The number of aromatic nitrogens is 4. The van der Waals surface area contributed by atoms with Crippen LogP contribution >= 0.6 is 0 Å². The first kappa shape index (κ1) is 11.2. The van der Waals surface area contributed by atoms with Crippen molar-refractivity contribution in [2.75, 3.05) is 4.72 Å². The van der Waals surface area contributed by atoms with Crippen molar-refractivity contribution in [3.8, 4) is 6.07 Å². The minimum absolute atomic E-state index is 0.0809. The van der Waals surface area contributed by atoms with Gasteiger partial charge in [-0.05, 0) is 0 Å². The Labute approximate surface area is 97.0 Å². The number of imidazole rings is 1. The quantitative estimate of drug-likeness (QED) is 0.785. The van der Waals surface area contributed by atoms with Gasteiger partial charge in [-0.1, -0.05) is 0 Å². The molecule has 17 heavy (non-hydrogen) atoms. The number of aryl methyl sites for hydroxylation is 1. The van der Waals surface area contributed by atoms with E-state index in [1.54, 1.807) is 0 Å². The van der Waals surface area contributed by atoms with E-state index >= 15 is 0 Å². The minimum atomic E-state index is -3.77. The summed E-state index contributed by atoms with van der Waals surface area (Å²) in [5, 5.41) is 12.5. The molecule has 88 valence electrons. The summed E-state index contributed by atoms with van der Waals surface area (Å²) in [6.45, 7) is 0. The lowest BCUT2D eigenvalue weighted by atomic mass is 10.4. The molecule has 0 radical (unpaired) electrons. The maximum absolute atomic E-state index is 11.8. The molecular formula is C8H8N6O2S. The van der Waals surface area contributed by atoms with Crippen molar-refractivity contribution in [3.05, 3.63) is 24.3 Å². The minimum Gasteiger partial charge on any atom is -0.334 e. The lowest BCUT2D eigenvalue weighted by molar-refractivity contribution is 0.597. The van der Waals surface area contributed by atoms with E-state index in [-0.39, 0.29) is 16.4 Å². The number of nitriles is 1. The average molecular weight is 252 g/mol. The van der Waals surface area contributed by atoms with Gasteiger partial charge >= 0.3 is 0 Å². The maximum atomic E-state index is 11.8. The number of sulfonamides is 1. The highest BCUT2D eigenvalue weighted by Gasteiger charge is 2.19.